The van der Waals surface area contributed by atoms with Crippen molar-refractivity contribution in [3.8, 4) is 11.5 Å². The normalized spacial score (nSPS) is 11.8. The van der Waals surface area contributed by atoms with E-state index in [4.69, 9.17) is 14.6 Å². The van der Waals surface area contributed by atoms with Gasteiger partial charge in [-0.3, -0.25) is 4.79 Å². The second-order valence-electron chi connectivity index (χ2n) is 6.75. The summed E-state index contributed by atoms with van der Waals surface area (Å²) in [5, 5.41) is 8.99. The minimum Gasteiger partial charge on any atom is -0.490 e. The van der Waals surface area contributed by atoms with E-state index in [0.717, 1.165) is 22.2 Å². The topological polar surface area (TPSA) is 90.1 Å². The first-order chi connectivity index (χ1) is 15.0. The van der Waals surface area contributed by atoms with Crippen LogP contribution in [0.2, 0.25) is 0 Å². The number of para-hydroxylation sites is 2. The first-order valence-electron chi connectivity index (χ1n) is 9.68. The first-order valence-corrected chi connectivity index (χ1v) is 10.5. The molecule has 0 fully saturated rings. The van der Waals surface area contributed by atoms with Crippen molar-refractivity contribution in [1.82, 2.24) is 9.38 Å². The highest BCUT2D eigenvalue weighted by Gasteiger charge is 2.15. The smallest absolute Gasteiger partial charge is 0.341 e. The van der Waals surface area contributed by atoms with Crippen LogP contribution in [0.3, 0.4) is 0 Å². The lowest BCUT2D eigenvalue weighted by Gasteiger charge is -2.15. The highest BCUT2D eigenvalue weighted by molar-refractivity contribution is 7.15. The SMILES string of the molecule is C=CCc1cc(C=c2sc3nc4ccccc4n3c2=O)cc(OCC)c1OCC(=O)O. The van der Waals surface area contributed by atoms with Gasteiger partial charge in [-0.1, -0.05) is 29.5 Å². The number of ether oxygens (including phenoxy) is 2. The number of aromatic nitrogens is 2. The molecule has 0 unspecified atom stereocenters. The molecule has 31 heavy (non-hydrogen) atoms. The van der Waals surface area contributed by atoms with Crippen LogP contribution in [0.25, 0.3) is 22.1 Å². The molecule has 0 spiro atoms. The zero-order valence-corrected chi connectivity index (χ0v) is 17.6. The summed E-state index contributed by atoms with van der Waals surface area (Å²) in [6.07, 6.45) is 3.94. The van der Waals surface area contributed by atoms with Crippen molar-refractivity contribution < 1.29 is 19.4 Å². The van der Waals surface area contributed by atoms with Gasteiger partial charge in [0.15, 0.2) is 23.1 Å². The average Bonchev–Trinajstić information content (AvgIpc) is 3.24. The monoisotopic (exact) mass is 436 g/mol. The Labute approximate surface area is 181 Å². The average molecular weight is 436 g/mol. The number of hydrogen-bond acceptors (Lipinski definition) is 6. The number of hydrogen-bond donors (Lipinski definition) is 1. The van der Waals surface area contributed by atoms with Gasteiger partial charge in [-0.25, -0.2) is 14.2 Å². The van der Waals surface area contributed by atoms with E-state index < -0.39 is 12.6 Å². The lowest BCUT2D eigenvalue weighted by molar-refractivity contribution is -0.139. The standard InChI is InChI=1S/C23H20N2O5S/c1-3-7-15-10-14(11-18(29-4-2)21(15)30-13-20(26)27)12-19-22(28)25-17-9-6-5-8-16(17)24-23(25)31-19/h3,5-6,8-12H,1,4,7,13H2,2H3,(H,26,27). The van der Waals surface area contributed by atoms with E-state index in [-0.39, 0.29) is 5.56 Å². The second-order valence-corrected chi connectivity index (χ2v) is 7.76. The molecule has 0 saturated carbocycles. The molecule has 4 aromatic rings. The molecule has 2 aromatic heterocycles. The molecule has 2 heterocycles. The third-order valence-corrected chi connectivity index (χ3v) is 5.57. The molecular formula is C23H20N2O5S. The highest BCUT2D eigenvalue weighted by atomic mass is 32.1. The van der Waals surface area contributed by atoms with E-state index in [9.17, 15) is 9.59 Å². The second kappa shape index (κ2) is 8.61. The van der Waals surface area contributed by atoms with E-state index in [1.807, 2.05) is 37.3 Å². The number of thiazole rings is 1. The number of carboxylic acid groups (broad SMARTS) is 1. The maximum absolute atomic E-state index is 13.0. The third kappa shape index (κ3) is 4.02. The molecule has 0 amide bonds. The van der Waals surface area contributed by atoms with Crippen LogP contribution in [-0.4, -0.2) is 33.7 Å². The predicted molar refractivity (Wildman–Crippen MR) is 120 cm³/mol. The molecule has 8 heteroatoms. The van der Waals surface area contributed by atoms with Crippen molar-refractivity contribution in [2.24, 2.45) is 0 Å². The molecule has 7 nitrogen and oxygen atoms in total. The molecule has 0 aliphatic carbocycles. The van der Waals surface area contributed by atoms with E-state index in [1.54, 1.807) is 22.6 Å². The molecule has 0 atom stereocenters. The molecule has 0 aliphatic heterocycles. The number of carboxylic acids is 1. The number of imidazole rings is 1. The summed E-state index contributed by atoms with van der Waals surface area (Å²) >= 11 is 1.32. The minimum absolute atomic E-state index is 0.136. The fraction of sp³-hybridized carbons (Fsp3) is 0.174. The van der Waals surface area contributed by atoms with Gasteiger partial charge in [-0.2, -0.15) is 0 Å². The van der Waals surface area contributed by atoms with E-state index in [0.29, 0.717) is 34.0 Å². The van der Waals surface area contributed by atoms with Crippen LogP contribution in [0.5, 0.6) is 11.5 Å². The summed E-state index contributed by atoms with van der Waals surface area (Å²) in [6.45, 7) is 5.50. The maximum Gasteiger partial charge on any atom is 0.341 e. The molecule has 2 aromatic carbocycles. The Kier molecular flexibility index (Phi) is 5.73. The first kappa shape index (κ1) is 20.6. The number of allylic oxidation sites excluding steroid dienone is 1. The maximum atomic E-state index is 13.0. The lowest BCUT2D eigenvalue weighted by atomic mass is 10.1. The van der Waals surface area contributed by atoms with E-state index in [1.165, 1.54) is 11.3 Å². The Bertz CT molecular complexity index is 1400. The van der Waals surface area contributed by atoms with Crippen LogP contribution >= 0.6 is 11.3 Å². The number of fused-ring (bicyclic) bond motifs is 3. The van der Waals surface area contributed by atoms with Gasteiger partial charge in [-0.15, -0.1) is 6.58 Å². The summed E-state index contributed by atoms with van der Waals surface area (Å²) in [6, 6.07) is 11.1. The Hall–Kier alpha value is -3.65. The Morgan fingerprint density at radius 2 is 2.10 bits per heavy atom. The van der Waals surface area contributed by atoms with E-state index in [2.05, 4.69) is 11.6 Å². The summed E-state index contributed by atoms with van der Waals surface area (Å²) in [4.78, 5) is 29.2. The zero-order chi connectivity index (χ0) is 22.0. The predicted octanol–water partition coefficient (Wildman–Crippen LogP) is 3.05. The van der Waals surface area contributed by atoms with Gasteiger partial charge in [0, 0.05) is 5.56 Å². The van der Waals surface area contributed by atoms with Crippen LogP contribution < -0.4 is 19.6 Å². The van der Waals surface area contributed by atoms with Crippen LogP contribution in [0.1, 0.15) is 18.1 Å². The Balaban J connectivity index is 1.86. The molecule has 4 rings (SSSR count). The number of aliphatic carboxylic acids is 1. The van der Waals surface area contributed by atoms with Crippen molar-refractivity contribution in [3.05, 3.63) is 75.1 Å². The third-order valence-electron chi connectivity index (χ3n) is 4.60. The van der Waals surface area contributed by atoms with Gasteiger partial charge >= 0.3 is 5.97 Å². The molecule has 1 N–H and O–H groups in total. The quantitative estimate of drug-likeness (QED) is 0.427. The number of rotatable bonds is 8. The van der Waals surface area contributed by atoms with Gasteiger partial charge in [0.25, 0.3) is 5.56 Å². The van der Waals surface area contributed by atoms with Gasteiger partial charge < -0.3 is 14.6 Å². The van der Waals surface area contributed by atoms with Gasteiger partial charge in [0.05, 0.1) is 22.2 Å². The number of nitrogens with zero attached hydrogens (tertiary/aromatic N) is 2. The van der Waals surface area contributed by atoms with Crippen LogP contribution in [0.4, 0.5) is 0 Å². The molecule has 0 saturated heterocycles. The van der Waals surface area contributed by atoms with Gasteiger partial charge in [0.1, 0.15) is 0 Å². The van der Waals surface area contributed by atoms with Crippen LogP contribution in [0, 0.1) is 0 Å². The Morgan fingerprint density at radius 1 is 1.29 bits per heavy atom. The molecule has 0 aliphatic rings. The highest BCUT2D eigenvalue weighted by Crippen LogP contribution is 2.34. The summed E-state index contributed by atoms with van der Waals surface area (Å²) in [5.41, 5.74) is 2.90. The minimum atomic E-state index is -1.08. The fourth-order valence-electron chi connectivity index (χ4n) is 3.40. The largest absolute Gasteiger partial charge is 0.490 e. The lowest BCUT2D eigenvalue weighted by Crippen LogP contribution is -2.22. The summed E-state index contributed by atoms with van der Waals surface area (Å²) in [7, 11) is 0. The van der Waals surface area contributed by atoms with Gasteiger partial charge in [0.2, 0.25) is 0 Å². The molecular weight excluding hydrogens is 416 g/mol. The zero-order valence-electron chi connectivity index (χ0n) is 16.8. The Morgan fingerprint density at radius 3 is 2.84 bits per heavy atom. The van der Waals surface area contributed by atoms with Crippen LogP contribution in [0.15, 0.2) is 53.8 Å². The molecule has 0 bridgehead atoms. The van der Waals surface area contributed by atoms with E-state index >= 15 is 0 Å². The summed E-state index contributed by atoms with van der Waals surface area (Å²) < 4.78 is 13.3. The molecule has 0 radical (unpaired) electrons. The van der Waals surface area contributed by atoms with Crippen molar-refractivity contribution in [1.29, 1.82) is 0 Å². The van der Waals surface area contributed by atoms with Crippen LogP contribution in [-0.2, 0) is 11.2 Å². The number of benzene rings is 2. The fourth-order valence-corrected chi connectivity index (χ4v) is 4.38. The molecule has 158 valence electrons. The van der Waals surface area contributed by atoms with Crippen molar-refractivity contribution in [2.75, 3.05) is 13.2 Å². The van der Waals surface area contributed by atoms with Gasteiger partial charge in [-0.05, 0) is 49.2 Å². The van der Waals surface area contributed by atoms with Crippen molar-refractivity contribution in [2.45, 2.75) is 13.3 Å². The van der Waals surface area contributed by atoms with Crippen molar-refractivity contribution in [3.63, 3.8) is 0 Å². The summed E-state index contributed by atoms with van der Waals surface area (Å²) in [5.74, 6) is -0.281. The van der Waals surface area contributed by atoms with Crippen molar-refractivity contribution >= 4 is 39.4 Å². The number of carbonyl (C=O) groups is 1.